The molecular weight excluding hydrogens is 414 g/mol. The number of nitrogens with zero attached hydrogens (tertiary/aromatic N) is 4. The van der Waals surface area contributed by atoms with E-state index in [2.05, 4.69) is 68.3 Å². The maximum absolute atomic E-state index is 13.0. The average molecular weight is 442 g/mol. The second-order valence-corrected chi connectivity index (χ2v) is 8.20. The lowest BCUT2D eigenvalue weighted by Crippen LogP contribution is -2.36. The van der Waals surface area contributed by atoms with Crippen molar-refractivity contribution in [3.8, 4) is 0 Å². The molecule has 0 radical (unpaired) electrons. The number of amides is 1. The fourth-order valence-electron chi connectivity index (χ4n) is 4.50. The van der Waals surface area contributed by atoms with Crippen LogP contribution in [0.15, 0.2) is 59.6 Å². The minimum atomic E-state index is -0.212. The van der Waals surface area contributed by atoms with Gasteiger partial charge in [0.25, 0.3) is 5.91 Å². The number of ether oxygens (including phenoxy) is 1. The van der Waals surface area contributed by atoms with Crippen molar-refractivity contribution >= 4 is 39.7 Å². The van der Waals surface area contributed by atoms with Gasteiger partial charge in [0.1, 0.15) is 11.3 Å². The number of anilines is 1. The zero-order chi connectivity index (χ0) is 22.8. The quantitative estimate of drug-likeness (QED) is 0.378. The molecule has 1 aliphatic rings. The van der Waals surface area contributed by atoms with Crippen molar-refractivity contribution in [3.05, 3.63) is 71.5 Å². The molecule has 168 valence electrons. The summed E-state index contributed by atoms with van der Waals surface area (Å²) in [5.41, 5.74) is 4.42. The Labute approximate surface area is 192 Å². The van der Waals surface area contributed by atoms with Crippen LogP contribution < -0.4 is 10.2 Å². The topological polar surface area (TPSA) is 71.8 Å². The molecule has 33 heavy (non-hydrogen) atoms. The Balaban J connectivity index is 1.65. The number of fused-ring (bicyclic) bond motifs is 2. The van der Waals surface area contributed by atoms with Crippen LogP contribution in [0.3, 0.4) is 0 Å². The molecule has 7 heteroatoms. The first-order valence-corrected chi connectivity index (χ1v) is 11.2. The van der Waals surface area contributed by atoms with Gasteiger partial charge in [-0.3, -0.25) is 9.79 Å². The molecule has 0 aliphatic carbocycles. The van der Waals surface area contributed by atoms with Crippen molar-refractivity contribution in [2.24, 2.45) is 4.99 Å². The largest absolute Gasteiger partial charge is 0.378 e. The maximum atomic E-state index is 13.0. The number of carbonyl (C=O) groups excluding carboxylic acids is 1. The minimum Gasteiger partial charge on any atom is -0.378 e. The number of aliphatic imine (C=N–C) groups is 1. The predicted octanol–water partition coefficient (Wildman–Crippen LogP) is 3.77. The first-order valence-electron chi connectivity index (χ1n) is 11.2. The molecule has 1 aromatic heterocycles. The van der Waals surface area contributed by atoms with Gasteiger partial charge in [0.15, 0.2) is 0 Å². The maximum Gasteiger partial charge on any atom is 0.258 e. The Morgan fingerprint density at radius 3 is 2.76 bits per heavy atom. The van der Waals surface area contributed by atoms with E-state index in [9.17, 15) is 4.79 Å². The number of hydrogen-bond acceptors (Lipinski definition) is 5. The van der Waals surface area contributed by atoms with E-state index in [0.29, 0.717) is 30.8 Å². The van der Waals surface area contributed by atoms with Crippen LogP contribution in [-0.2, 0) is 11.3 Å². The summed E-state index contributed by atoms with van der Waals surface area (Å²) in [5.74, 6) is 0.658. The van der Waals surface area contributed by atoms with Crippen LogP contribution in [0.25, 0.3) is 21.8 Å². The lowest BCUT2D eigenvalue weighted by Gasteiger charge is -2.29. The Bertz CT molecular complexity index is 1350. The number of hydrogen-bond donors (Lipinski definition) is 1. The third kappa shape index (κ3) is 4.07. The molecule has 2 heterocycles. The SMILES string of the molecule is CN=CNC(=O)c1cc(N2CCOCC2)cc2c1nc(C)n2Cc1cccc2ccccc12. The molecule has 1 aliphatic heterocycles. The predicted molar refractivity (Wildman–Crippen MR) is 132 cm³/mol. The third-order valence-corrected chi connectivity index (χ3v) is 6.18. The van der Waals surface area contributed by atoms with E-state index in [0.717, 1.165) is 30.1 Å². The average Bonchev–Trinajstić information content (AvgIpc) is 3.17. The van der Waals surface area contributed by atoms with Gasteiger partial charge in [0.05, 0.1) is 30.6 Å². The van der Waals surface area contributed by atoms with Crippen LogP contribution in [0.4, 0.5) is 5.69 Å². The summed E-state index contributed by atoms with van der Waals surface area (Å²) in [4.78, 5) is 24.0. The van der Waals surface area contributed by atoms with Gasteiger partial charge in [-0.1, -0.05) is 42.5 Å². The lowest BCUT2D eigenvalue weighted by molar-refractivity contribution is 0.0980. The molecule has 0 bridgehead atoms. The van der Waals surface area contributed by atoms with Gasteiger partial charge in [-0.2, -0.15) is 0 Å². The number of aromatic nitrogens is 2. The van der Waals surface area contributed by atoms with Crippen LogP contribution in [0, 0.1) is 6.92 Å². The smallest absolute Gasteiger partial charge is 0.258 e. The first-order chi connectivity index (χ1) is 16.2. The molecule has 1 N–H and O–H groups in total. The normalized spacial score (nSPS) is 14.4. The van der Waals surface area contributed by atoms with Crippen LogP contribution in [0.2, 0.25) is 0 Å². The summed E-state index contributed by atoms with van der Waals surface area (Å²) in [5, 5.41) is 5.19. The molecule has 0 spiro atoms. The zero-order valence-electron chi connectivity index (χ0n) is 18.9. The number of imidazole rings is 1. The van der Waals surface area contributed by atoms with E-state index in [1.54, 1.807) is 7.05 Å². The molecule has 1 amide bonds. The number of benzene rings is 3. The summed E-state index contributed by atoms with van der Waals surface area (Å²) in [6.07, 6.45) is 1.41. The van der Waals surface area contributed by atoms with Crippen LogP contribution in [-0.4, -0.2) is 55.1 Å². The highest BCUT2D eigenvalue weighted by molar-refractivity contribution is 6.10. The molecule has 0 saturated carbocycles. The summed E-state index contributed by atoms with van der Waals surface area (Å²) >= 11 is 0. The highest BCUT2D eigenvalue weighted by Crippen LogP contribution is 2.29. The van der Waals surface area contributed by atoms with E-state index in [1.165, 1.54) is 22.7 Å². The van der Waals surface area contributed by atoms with Gasteiger partial charge in [-0.25, -0.2) is 4.98 Å². The zero-order valence-corrected chi connectivity index (χ0v) is 18.9. The van der Waals surface area contributed by atoms with Crippen LogP contribution in [0.1, 0.15) is 21.7 Å². The molecule has 1 saturated heterocycles. The Hall–Kier alpha value is -3.71. The summed E-state index contributed by atoms with van der Waals surface area (Å²) in [7, 11) is 1.63. The van der Waals surface area contributed by atoms with Gasteiger partial charge in [-0.05, 0) is 35.4 Å². The van der Waals surface area contributed by atoms with Crippen LogP contribution in [0.5, 0.6) is 0 Å². The molecule has 0 unspecified atom stereocenters. The van der Waals surface area contributed by atoms with Crippen molar-refractivity contribution in [3.63, 3.8) is 0 Å². The van der Waals surface area contributed by atoms with Crippen LogP contribution >= 0.6 is 0 Å². The van der Waals surface area contributed by atoms with Crippen molar-refractivity contribution in [2.45, 2.75) is 13.5 Å². The van der Waals surface area contributed by atoms with Gasteiger partial charge < -0.3 is 19.5 Å². The third-order valence-electron chi connectivity index (χ3n) is 6.18. The van der Waals surface area contributed by atoms with E-state index in [1.807, 2.05) is 13.0 Å². The molecule has 1 fully saturated rings. The standard InChI is InChI=1S/C26H27N5O2/c1-18-29-25-23(26(32)28-17-27-2)14-21(30-10-12-33-13-11-30)15-24(25)31(18)16-20-8-5-7-19-6-3-4-9-22(19)20/h3-9,14-15,17H,10-13,16H2,1-2H3,(H,27,28,32). The fraction of sp³-hybridized carbons (Fsp3) is 0.269. The Morgan fingerprint density at radius 1 is 1.15 bits per heavy atom. The van der Waals surface area contributed by atoms with E-state index >= 15 is 0 Å². The fourth-order valence-corrected chi connectivity index (χ4v) is 4.50. The first kappa shape index (κ1) is 21.2. The number of nitrogens with one attached hydrogen (secondary N) is 1. The van der Waals surface area contributed by atoms with Gasteiger partial charge in [0.2, 0.25) is 0 Å². The van der Waals surface area contributed by atoms with Crippen molar-refractivity contribution in [1.82, 2.24) is 14.9 Å². The molecule has 4 aromatic rings. The van der Waals surface area contributed by atoms with Crippen molar-refractivity contribution < 1.29 is 9.53 Å². The lowest BCUT2D eigenvalue weighted by atomic mass is 10.0. The summed E-state index contributed by atoms with van der Waals surface area (Å²) in [6.45, 7) is 5.61. The second kappa shape index (κ2) is 9.03. The minimum absolute atomic E-state index is 0.212. The second-order valence-electron chi connectivity index (χ2n) is 8.20. The Morgan fingerprint density at radius 2 is 1.94 bits per heavy atom. The van der Waals surface area contributed by atoms with E-state index in [4.69, 9.17) is 9.72 Å². The number of morpholine rings is 1. The van der Waals surface area contributed by atoms with E-state index in [-0.39, 0.29) is 5.91 Å². The van der Waals surface area contributed by atoms with E-state index < -0.39 is 0 Å². The van der Waals surface area contributed by atoms with Gasteiger partial charge in [-0.15, -0.1) is 0 Å². The highest BCUT2D eigenvalue weighted by atomic mass is 16.5. The molecule has 7 nitrogen and oxygen atoms in total. The molecule has 0 atom stereocenters. The highest BCUT2D eigenvalue weighted by Gasteiger charge is 2.21. The molecular formula is C26H27N5O2. The monoisotopic (exact) mass is 441 g/mol. The number of carbonyl (C=O) groups is 1. The molecule has 5 rings (SSSR count). The van der Waals surface area contributed by atoms with Crippen molar-refractivity contribution in [2.75, 3.05) is 38.3 Å². The van der Waals surface area contributed by atoms with Crippen molar-refractivity contribution in [1.29, 1.82) is 0 Å². The summed E-state index contributed by atoms with van der Waals surface area (Å²) < 4.78 is 7.73. The van der Waals surface area contributed by atoms with Gasteiger partial charge >= 0.3 is 0 Å². The molecule has 3 aromatic carbocycles. The number of rotatable bonds is 5. The van der Waals surface area contributed by atoms with Gasteiger partial charge in [0, 0.05) is 32.4 Å². The summed E-state index contributed by atoms with van der Waals surface area (Å²) in [6, 6.07) is 18.9. The Kier molecular flexibility index (Phi) is 5.79. The number of aryl methyl sites for hydroxylation is 1.